The number of ether oxygens (including phenoxy) is 1. The highest BCUT2D eigenvalue weighted by atomic mass is 32.2. The second-order valence-electron chi connectivity index (χ2n) is 8.33. The molecule has 2 fully saturated rings. The van der Waals surface area contributed by atoms with Crippen molar-refractivity contribution in [2.75, 3.05) is 49.6 Å². The zero-order valence-electron chi connectivity index (χ0n) is 18.8. The Kier molecular flexibility index (Phi) is 7.80. The standard InChI is InChI=1S/C25H31N3O4S/c29-25(26-23-7-3-4-8-24(23)27-15-5-1-2-6-16-27)14-11-21-9-12-22(13-10-21)33(30,31)28-17-19-32-20-18-28/h3-4,7-14H,1-2,5-6,15-20H2,(H,26,29)/b14-11+. The predicted molar refractivity (Wildman–Crippen MR) is 131 cm³/mol. The molecule has 0 saturated carbocycles. The van der Waals surface area contributed by atoms with Gasteiger partial charge in [0.05, 0.1) is 29.5 Å². The van der Waals surface area contributed by atoms with Crippen LogP contribution in [0.2, 0.25) is 0 Å². The average Bonchev–Trinajstić information content (AvgIpc) is 3.13. The van der Waals surface area contributed by atoms with Crippen molar-refractivity contribution in [2.24, 2.45) is 0 Å². The minimum atomic E-state index is -3.52. The molecule has 2 aromatic rings. The number of nitrogens with one attached hydrogen (secondary N) is 1. The largest absolute Gasteiger partial charge is 0.379 e. The molecule has 176 valence electrons. The molecule has 0 aliphatic carbocycles. The van der Waals surface area contributed by atoms with Crippen molar-refractivity contribution in [3.8, 4) is 0 Å². The van der Waals surface area contributed by atoms with Crippen LogP contribution in [0.3, 0.4) is 0 Å². The van der Waals surface area contributed by atoms with Gasteiger partial charge in [-0.3, -0.25) is 4.79 Å². The van der Waals surface area contributed by atoms with Gasteiger partial charge in [0.25, 0.3) is 0 Å². The molecule has 0 spiro atoms. The third-order valence-electron chi connectivity index (χ3n) is 6.02. The number of sulfonamides is 1. The van der Waals surface area contributed by atoms with Crippen LogP contribution in [0.4, 0.5) is 11.4 Å². The van der Waals surface area contributed by atoms with E-state index in [1.54, 1.807) is 30.3 Å². The SMILES string of the molecule is O=C(/C=C/c1ccc(S(=O)(=O)N2CCOCC2)cc1)Nc1ccccc1N1CCCCCC1. The summed E-state index contributed by atoms with van der Waals surface area (Å²) in [7, 11) is -3.52. The Morgan fingerprint density at radius 2 is 1.55 bits per heavy atom. The molecule has 1 amide bonds. The summed E-state index contributed by atoms with van der Waals surface area (Å²) in [6.45, 7) is 3.56. The molecule has 0 radical (unpaired) electrons. The summed E-state index contributed by atoms with van der Waals surface area (Å²) in [5.74, 6) is -0.220. The van der Waals surface area contributed by atoms with Gasteiger partial charge in [-0.15, -0.1) is 0 Å². The van der Waals surface area contributed by atoms with Crippen LogP contribution in [0.1, 0.15) is 31.2 Å². The zero-order valence-corrected chi connectivity index (χ0v) is 19.6. The fraction of sp³-hybridized carbons (Fsp3) is 0.400. The number of carbonyl (C=O) groups excluding carboxylic acids is 1. The Morgan fingerprint density at radius 3 is 2.24 bits per heavy atom. The molecule has 2 saturated heterocycles. The van der Waals surface area contributed by atoms with Crippen LogP contribution in [0.25, 0.3) is 6.08 Å². The van der Waals surface area contributed by atoms with Gasteiger partial charge in [0, 0.05) is 32.3 Å². The van der Waals surface area contributed by atoms with E-state index in [4.69, 9.17) is 4.74 Å². The lowest BCUT2D eigenvalue weighted by Gasteiger charge is -2.26. The van der Waals surface area contributed by atoms with Crippen molar-refractivity contribution < 1.29 is 17.9 Å². The fourth-order valence-corrected chi connectivity index (χ4v) is 5.61. The Labute approximate surface area is 196 Å². The molecule has 1 N–H and O–H groups in total. The number of hydrogen-bond donors (Lipinski definition) is 1. The molecule has 0 aromatic heterocycles. The molecule has 2 aromatic carbocycles. The number of amides is 1. The molecule has 7 nitrogen and oxygen atoms in total. The van der Waals surface area contributed by atoms with Crippen LogP contribution >= 0.6 is 0 Å². The number of nitrogens with zero attached hydrogens (tertiary/aromatic N) is 2. The number of morpholine rings is 1. The van der Waals surface area contributed by atoms with Gasteiger partial charge in [0.2, 0.25) is 15.9 Å². The lowest BCUT2D eigenvalue weighted by Crippen LogP contribution is -2.40. The average molecular weight is 470 g/mol. The van der Waals surface area contributed by atoms with Gasteiger partial charge in [-0.1, -0.05) is 37.1 Å². The number of para-hydroxylation sites is 2. The molecule has 4 rings (SSSR count). The molecule has 2 aliphatic rings. The smallest absolute Gasteiger partial charge is 0.248 e. The molecule has 0 unspecified atom stereocenters. The van der Waals surface area contributed by atoms with E-state index in [1.807, 2.05) is 18.2 Å². The first-order chi connectivity index (χ1) is 16.0. The summed E-state index contributed by atoms with van der Waals surface area (Å²) in [5.41, 5.74) is 2.62. The van der Waals surface area contributed by atoms with E-state index in [0.29, 0.717) is 26.3 Å². The molecule has 33 heavy (non-hydrogen) atoms. The van der Waals surface area contributed by atoms with Crippen molar-refractivity contribution in [3.63, 3.8) is 0 Å². The van der Waals surface area contributed by atoms with Crippen LogP contribution < -0.4 is 10.2 Å². The lowest BCUT2D eigenvalue weighted by molar-refractivity contribution is -0.111. The second kappa shape index (κ2) is 11.0. The first-order valence-electron chi connectivity index (χ1n) is 11.5. The van der Waals surface area contributed by atoms with Gasteiger partial charge in [0.1, 0.15) is 0 Å². The molecule has 0 bridgehead atoms. The maximum Gasteiger partial charge on any atom is 0.248 e. The highest BCUT2D eigenvalue weighted by Crippen LogP contribution is 2.28. The number of hydrogen-bond acceptors (Lipinski definition) is 5. The Bertz CT molecular complexity index is 1070. The predicted octanol–water partition coefficient (Wildman–Crippen LogP) is 3.74. The third kappa shape index (κ3) is 6.01. The summed E-state index contributed by atoms with van der Waals surface area (Å²) in [5, 5.41) is 3.00. The van der Waals surface area contributed by atoms with Crippen LogP contribution in [0.15, 0.2) is 59.5 Å². The topological polar surface area (TPSA) is 79.0 Å². The second-order valence-corrected chi connectivity index (χ2v) is 10.3. The molecule has 8 heteroatoms. The normalized spacial score (nSPS) is 18.2. The van der Waals surface area contributed by atoms with Crippen molar-refractivity contribution in [1.82, 2.24) is 4.31 Å². The van der Waals surface area contributed by atoms with Crippen molar-refractivity contribution >= 4 is 33.4 Å². The van der Waals surface area contributed by atoms with Crippen LogP contribution in [0.5, 0.6) is 0 Å². The summed E-state index contributed by atoms with van der Waals surface area (Å²) in [6.07, 6.45) is 8.00. The Morgan fingerprint density at radius 1 is 0.879 bits per heavy atom. The van der Waals surface area contributed by atoms with Gasteiger partial charge in [-0.05, 0) is 48.7 Å². The minimum Gasteiger partial charge on any atom is -0.379 e. The quantitative estimate of drug-likeness (QED) is 0.652. The monoisotopic (exact) mass is 469 g/mol. The number of anilines is 2. The lowest BCUT2D eigenvalue weighted by atomic mass is 10.2. The van der Waals surface area contributed by atoms with Gasteiger partial charge < -0.3 is 15.0 Å². The van der Waals surface area contributed by atoms with E-state index in [9.17, 15) is 13.2 Å². The van der Waals surface area contributed by atoms with E-state index in [1.165, 1.54) is 36.1 Å². The molecular weight excluding hydrogens is 438 g/mol. The van der Waals surface area contributed by atoms with E-state index in [-0.39, 0.29) is 10.8 Å². The molecule has 2 heterocycles. The number of benzene rings is 2. The summed E-state index contributed by atoms with van der Waals surface area (Å²) in [4.78, 5) is 15.2. The van der Waals surface area contributed by atoms with Gasteiger partial charge in [-0.2, -0.15) is 4.31 Å². The maximum absolute atomic E-state index is 12.7. The van der Waals surface area contributed by atoms with E-state index in [2.05, 4.69) is 16.3 Å². The highest BCUT2D eigenvalue weighted by Gasteiger charge is 2.26. The summed E-state index contributed by atoms with van der Waals surface area (Å²) in [6, 6.07) is 14.5. The molecule has 2 aliphatic heterocycles. The van der Waals surface area contributed by atoms with Gasteiger partial charge in [-0.25, -0.2) is 8.42 Å². The maximum atomic E-state index is 12.7. The third-order valence-corrected chi connectivity index (χ3v) is 7.94. The van der Waals surface area contributed by atoms with Gasteiger partial charge >= 0.3 is 0 Å². The zero-order chi connectivity index (χ0) is 23.1. The van der Waals surface area contributed by atoms with Crippen LogP contribution in [0, 0.1) is 0 Å². The Balaban J connectivity index is 1.40. The first kappa shape index (κ1) is 23.5. The minimum absolute atomic E-state index is 0.220. The van der Waals surface area contributed by atoms with E-state index in [0.717, 1.165) is 30.0 Å². The van der Waals surface area contributed by atoms with Gasteiger partial charge in [0.15, 0.2) is 0 Å². The summed E-state index contributed by atoms with van der Waals surface area (Å²) < 4.78 is 32.2. The number of carbonyl (C=O) groups is 1. The molecular formula is C25H31N3O4S. The van der Waals surface area contributed by atoms with Crippen LogP contribution in [-0.4, -0.2) is 58.0 Å². The fourth-order valence-electron chi connectivity index (χ4n) is 4.20. The number of rotatable bonds is 6. The molecule has 0 atom stereocenters. The van der Waals surface area contributed by atoms with E-state index < -0.39 is 10.0 Å². The highest BCUT2D eigenvalue weighted by molar-refractivity contribution is 7.89. The summed E-state index contributed by atoms with van der Waals surface area (Å²) >= 11 is 0. The van der Waals surface area contributed by atoms with Crippen molar-refractivity contribution in [3.05, 3.63) is 60.2 Å². The van der Waals surface area contributed by atoms with Crippen molar-refractivity contribution in [1.29, 1.82) is 0 Å². The first-order valence-corrected chi connectivity index (χ1v) is 13.0. The van der Waals surface area contributed by atoms with E-state index >= 15 is 0 Å². The van der Waals surface area contributed by atoms with Crippen LogP contribution in [-0.2, 0) is 19.6 Å². The Hall–Kier alpha value is -2.68. The van der Waals surface area contributed by atoms with Crippen molar-refractivity contribution in [2.45, 2.75) is 30.6 Å².